The van der Waals surface area contributed by atoms with Crippen molar-refractivity contribution in [3.63, 3.8) is 0 Å². The first-order valence-corrected chi connectivity index (χ1v) is 3.49. The maximum atomic E-state index is 4.71. The maximum absolute atomic E-state index is 4.71. The largest absolute Gasteiger partial charge is 0.385 e. The number of hydrogen-bond donors (Lipinski definition) is 2. The van der Waals surface area contributed by atoms with E-state index in [-0.39, 0.29) is 31.6 Å². The second kappa shape index (κ2) is 16.1. The predicted molar refractivity (Wildman–Crippen MR) is 46.4 cm³/mol. The third kappa shape index (κ3) is 101. The van der Waals surface area contributed by atoms with Gasteiger partial charge in [-0.15, -0.1) is 12.6 Å². The summed E-state index contributed by atoms with van der Waals surface area (Å²) in [5.74, 6) is 0. The van der Waals surface area contributed by atoms with Crippen LogP contribution in [0.3, 0.4) is 0 Å². The van der Waals surface area contributed by atoms with Gasteiger partial charge in [-0.25, -0.2) is 0 Å². The summed E-state index contributed by atoms with van der Waals surface area (Å²) in [6.07, 6.45) is 2.64. The zero-order chi connectivity index (χ0) is 6.99. The number of hydrogen-bond acceptors (Lipinski definition) is 1. The molecular formula is C5H13CdNS2. The van der Waals surface area contributed by atoms with Gasteiger partial charge in [0.15, 0.2) is 0 Å². The molecule has 0 radical (unpaired) electrons. The molecule has 0 heterocycles. The van der Waals surface area contributed by atoms with Crippen LogP contribution >= 0.6 is 24.8 Å². The molecule has 0 saturated carbocycles. The molecule has 52 valence electrons. The summed E-state index contributed by atoms with van der Waals surface area (Å²) in [6, 6.07) is 0. The summed E-state index contributed by atoms with van der Waals surface area (Å²) in [5.41, 5.74) is 4.71. The van der Waals surface area contributed by atoms with Crippen molar-refractivity contribution < 1.29 is 27.3 Å². The van der Waals surface area contributed by atoms with Gasteiger partial charge in [0, 0.05) is 27.3 Å². The molecule has 0 atom stereocenters. The molecule has 0 aliphatic rings. The van der Waals surface area contributed by atoms with Crippen LogP contribution in [0.2, 0.25) is 0 Å². The van der Waals surface area contributed by atoms with Crippen molar-refractivity contribution in [2.45, 2.75) is 26.7 Å². The molecule has 9 heavy (non-hydrogen) atoms. The van der Waals surface area contributed by atoms with Gasteiger partial charge in [0.1, 0.15) is 4.32 Å². The first kappa shape index (κ1) is 16.6. The van der Waals surface area contributed by atoms with Gasteiger partial charge < -0.3 is 5.73 Å². The third-order valence-electron chi connectivity index (χ3n) is 0.500. The van der Waals surface area contributed by atoms with Crippen molar-refractivity contribution in [3.8, 4) is 0 Å². The standard InChI is InChI=1S/C4H10.CH3NS2.Cd/c1-3-4-2;2-1(3)4;/h3-4H2,1-2H3;(H3,2,3,4);. The molecular weight excluding hydrogens is 251 g/mol. The monoisotopic (exact) mass is 265 g/mol. The van der Waals surface area contributed by atoms with E-state index in [4.69, 9.17) is 5.73 Å². The number of unbranched alkanes of at least 4 members (excludes halogenated alkanes) is 1. The first-order valence-electron chi connectivity index (χ1n) is 2.63. The normalized spacial score (nSPS) is 6.11. The van der Waals surface area contributed by atoms with Crippen LogP contribution in [-0.4, -0.2) is 4.32 Å². The number of rotatable bonds is 1. The predicted octanol–water partition coefficient (Wildman–Crippen LogP) is 1.96. The molecule has 0 bridgehead atoms. The van der Waals surface area contributed by atoms with E-state index in [0.717, 1.165) is 0 Å². The average molecular weight is 264 g/mol. The van der Waals surface area contributed by atoms with Gasteiger partial charge in [-0.3, -0.25) is 0 Å². The summed E-state index contributed by atoms with van der Waals surface area (Å²) in [7, 11) is 0. The van der Waals surface area contributed by atoms with Gasteiger partial charge in [0.25, 0.3) is 0 Å². The minimum atomic E-state index is 0. The quantitative estimate of drug-likeness (QED) is 0.430. The summed E-state index contributed by atoms with van der Waals surface area (Å²) >= 11 is 7.65. The van der Waals surface area contributed by atoms with E-state index >= 15 is 0 Å². The Kier molecular flexibility index (Phi) is 29.7. The fraction of sp³-hybridized carbons (Fsp3) is 0.800. The van der Waals surface area contributed by atoms with E-state index in [1.807, 2.05) is 0 Å². The Balaban J connectivity index is -0.0000000720. The Labute approximate surface area is 88.3 Å². The molecule has 0 aliphatic carbocycles. The van der Waals surface area contributed by atoms with Gasteiger partial charge in [-0.2, -0.15) is 0 Å². The Morgan fingerprint density at radius 1 is 1.44 bits per heavy atom. The molecule has 0 amide bonds. The molecule has 0 fully saturated rings. The maximum Gasteiger partial charge on any atom is 0.128 e. The Bertz CT molecular complexity index is 52.9. The van der Waals surface area contributed by atoms with E-state index in [0.29, 0.717) is 0 Å². The summed E-state index contributed by atoms with van der Waals surface area (Å²) in [4.78, 5) is 0. The summed E-state index contributed by atoms with van der Waals surface area (Å²) < 4.78 is 0.194. The van der Waals surface area contributed by atoms with Crippen LogP contribution in [0.25, 0.3) is 0 Å². The van der Waals surface area contributed by atoms with E-state index in [1.165, 1.54) is 12.8 Å². The van der Waals surface area contributed by atoms with E-state index < -0.39 is 0 Å². The molecule has 2 N–H and O–H groups in total. The van der Waals surface area contributed by atoms with Crippen LogP contribution in [0.5, 0.6) is 0 Å². The van der Waals surface area contributed by atoms with Gasteiger partial charge >= 0.3 is 0 Å². The SMILES string of the molecule is CCCC.NC(=S)S.[Cd]. The molecule has 0 spiro atoms. The van der Waals surface area contributed by atoms with E-state index in [1.54, 1.807) is 0 Å². The van der Waals surface area contributed by atoms with Crippen LogP contribution in [0, 0.1) is 0 Å². The van der Waals surface area contributed by atoms with Gasteiger partial charge in [-0.1, -0.05) is 38.9 Å². The van der Waals surface area contributed by atoms with Crippen LogP contribution in [0.4, 0.5) is 0 Å². The molecule has 0 aromatic rings. The van der Waals surface area contributed by atoms with Gasteiger partial charge in [0.05, 0.1) is 0 Å². The molecule has 0 aliphatic heterocycles. The van der Waals surface area contributed by atoms with Crippen molar-refractivity contribution in [1.82, 2.24) is 0 Å². The minimum Gasteiger partial charge on any atom is -0.385 e. The molecule has 0 saturated heterocycles. The average Bonchev–Trinajstić information content (AvgIpc) is 1.65. The Morgan fingerprint density at radius 2 is 1.56 bits per heavy atom. The molecule has 4 heteroatoms. The minimum absolute atomic E-state index is 0. The van der Waals surface area contributed by atoms with Gasteiger partial charge in [-0.05, 0) is 0 Å². The zero-order valence-electron chi connectivity index (χ0n) is 6.05. The Hall–Kier alpha value is 1.16. The van der Waals surface area contributed by atoms with Crippen LogP contribution in [0.15, 0.2) is 0 Å². The molecule has 0 aromatic carbocycles. The van der Waals surface area contributed by atoms with Crippen LogP contribution in [0.1, 0.15) is 26.7 Å². The zero-order valence-corrected chi connectivity index (χ0v) is 11.8. The third-order valence-corrected chi connectivity index (χ3v) is 0.500. The first-order chi connectivity index (χ1) is 3.65. The smallest absolute Gasteiger partial charge is 0.128 e. The fourth-order valence-corrected chi connectivity index (χ4v) is 0. The number of nitrogens with two attached hydrogens (primary N) is 1. The fourth-order valence-electron chi connectivity index (χ4n) is 0. The number of thiol groups is 1. The van der Waals surface area contributed by atoms with Crippen LogP contribution < -0.4 is 5.73 Å². The summed E-state index contributed by atoms with van der Waals surface area (Å²) in [5, 5.41) is 0. The molecule has 1 nitrogen and oxygen atoms in total. The van der Waals surface area contributed by atoms with Crippen molar-refractivity contribution in [2.24, 2.45) is 5.73 Å². The Morgan fingerprint density at radius 3 is 1.56 bits per heavy atom. The number of thiocarbonyl (C=S) groups is 1. The van der Waals surface area contributed by atoms with Crippen molar-refractivity contribution in [3.05, 3.63) is 0 Å². The van der Waals surface area contributed by atoms with Gasteiger partial charge in [0.2, 0.25) is 0 Å². The van der Waals surface area contributed by atoms with E-state index in [2.05, 4.69) is 38.7 Å². The van der Waals surface area contributed by atoms with Crippen molar-refractivity contribution in [1.29, 1.82) is 0 Å². The molecule has 0 aromatic heterocycles. The topological polar surface area (TPSA) is 26.0 Å². The van der Waals surface area contributed by atoms with Crippen molar-refractivity contribution >= 4 is 29.2 Å². The van der Waals surface area contributed by atoms with Crippen molar-refractivity contribution in [2.75, 3.05) is 0 Å². The van der Waals surface area contributed by atoms with Crippen LogP contribution in [-0.2, 0) is 27.3 Å². The second-order valence-electron chi connectivity index (χ2n) is 1.34. The van der Waals surface area contributed by atoms with E-state index in [9.17, 15) is 0 Å². The molecule has 0 rings (SSSR count). The summed E-state index contributed by atoms with van der Waals surface area (Å²) in [6.45, 7) is 4.36. The second-order valence-corrected chi connectivity index (χ2v) is 2.56. The molecule has 0 unspecified atom stereocenters.